The quantitative estimate of drug-likeness (QED) is 0.673. The van der Waals surface area contributed by atoms with Crippen LogP contribution in [-0.2, 0) is 6.54 Å². The highest BCUT2D eigenvalue weighted by atomic mass is 35.5. The van der Waals surface area contributed by atoms with E-state index in [0.717, 1.165) is 27.2 Å². The number of benzene rings is 2. The summed E-state index contributed by atoms with van der Waals surface area (Å²) in [5.41, 5.74) is 3.03. The van der Waals surface area contributed by atoms with E-state index < -0.39 is 0 Å². The molecule has 3 N–H and O–H groups in total. The highest BCUT2D eigenvalue weighted by molar-refractivity contribution is 6.36. The third kappa shape index (κ3) is 2.95. The van der Waals surface area contributed by atoms with Crippen molar-refractivity contribution in [2.24, 2.45) is 0 Å². The van der Waals surface area contributed by atoms with Crippen LogP contribution in [0.4, 0.5) is 0 Å². The van der Waals surface area contributed by atoms with E-state index in [1.54, 1.807) is 0 Å². The van der Waals surface area contributed by atoms with E-state index in [-0.39, 0.29) is 12.6 Å². The number of para-hydroxylation sites is 1. The molecule has 2 aromatic carbocycles. The first-order chi connectivity index (χ1) is 10.3. The molecule has 0 saturated carbocycles. The lowest BCUT2D eigenvalue weighted by Gasteiger charge is -2.16. The summed E-state index contributed by atoms with van der Waals surface area (Å²) < 4.78 is 0. The fourth-order valence-corrected chi connectivity index (χ4v) is 2.76. The standard InChI is InChI=1S/C17H17ClN2O/c18-17-13-8-4-5-9-14(13)20-15(17)10-19-16(11-21)12-6-2-1-3-7-12/h1-9,16,19-21H,10-11H2/t16-/m0/s1. The van der Waals surface area contributed by atoms with E-state index in [9.17, 15) is 5.11 Å². The predicted molar refractivity (Wildman–Crippen MR) is 86.4 cm³/mol. The average molecular weight is 301 g/mol. The van der Waals surface area contributed by atoms with Crippen molar-refractivity contribution in [3.8, 4) is 0 Å². The Balaban J connectivity index is 1.78. The first kappa shape index (κ1) is 14.1. The van der Waals surface area contributed by atoms with E-state index >= 15 is 0 Å². The summed E-state index contributed by atoms with van der Waals surface area (Å²) in [6, 6.07) is 17.8. The van der Waals surface area contributed by atoms with Gasteiger partial charge in [0.15, 0.2) is 0 Å². The van der Waals surface area contributed by atoms with Gasteiger partial charge in [0, 0.05) is 23.1 Å². The molecule has 3 nitrogen and oxygen atoms in total. The predicted octanol–water partition coefficient (Wildman–Crippen LogP) is 3.64. The van der Waals surface area contributed by atoms with Crippen molar-refractivity contribution >= 4 is 22.5 Å². The molecule has 1 atom stereocenters. The molecule has 0 aliphatic heterocycles. The molecule has 0 saturated heterocycles. The summed E-state index contributed by atoms with van der Waals surface area (Å²) in [6.07, 6.45) is 0. The third-order valence-corrected chi connectivity index (χ3v) is 4.06. The number of halogens is 1. The van der Waals surface area contributed by atoms with Crippen LogP contribution < -0.4 is 5.32 Å². The Bertz CT molecular complexity index is 724. The molecule has 1 heterocycles. The van der Waals surface area contributed by atoms with Gasteiger partial charge in [-0.3, -0.25) is 0 Å². The fraction of sp³-hybridized carbons (Fsp3) is 0.176. The second-order valence-electron chi connectivity index (χ2n) is 4.99. The van der Waals surface area contributed by atoms with Gasteiger partial charge in [0.05, 0.1) is 17.7 Å². The van der Waals surface area contributed by atoms with E-state index in [1.165, 1.54) is 0 Å². The number of rotatable bonds is 5. The van der Waals surface area contributed by atoms with E-state index in [1.807, 2.05) is 54.6 Å². The van der Waals surface area contributed by atoms with Gasteiger partial charge in [0.25, 0.3) is 0 Å². The maximum atomic E-state index is 9.56. The number of aliphatic hydroxyl groups excluding tert-OH is 1. The SMILES string of the molecule is OC[C@H](NCc1[nH]c2ccccc2c1Cl)c1ccccc1. The minimum atomic E-state index is -0.103. The molecule has 0 radical (unpaired) electrons. The molecule has 0 aliphatic carbocycles. The molecule has 0 amide bonds. The number of aromatic nitrogens is 1. The molecule has 108 valence electrons. The molecule has 1 aromatic heterocycles. The van der Waals surface area contributed by atoms with Crippen LogP contribution >= 0.6 is 11.6 Å². The topological polar surface area (TPSA) is 48.0 Å². The molecule has 0 unspecified atom stereocenters. The number of aliphatic hydroxyl groups is 1. The average Bonchev–Trinajstić information content (AvgIpc) is 2.86. The number of hydrogen-bond acceptors (Lipinski definition) is 2. The van der Waals surface area contributed by atoms with Crippen LogP contribution in [0, 0.1) is 0 Å². The van der Waals surface area contributed by atoms with Crippen molar-refractivity contribution in [1.29, 1.82) is 0 Å². The number of hydrogen-bond donors (Lipinski definition) is 3. The van der Waals surface area contributed by atoms with Gasteiger partial charge < -0.3 is 15.4 Å². The van der Waals surface area contributed by atoms with Crippen LogP contribution in [0.15, 0.2) is 54.6 Å². The van der Waals surface area contributed by atoms with Crippen LogP contribution in [0.2, 0.25) is 5.02 Å². The summed E-state index contributed by atoms with van der Waals surface area (Å²) in [7, 11) is 0. The molecule has 3 aromatic rings. The Hall–Kier alpha value is -1.81. The molecule has 21 heavy (non-hydrogen) atoms. The normalized spacial score (nSPS) is 12.7. The zero-order valence-electron chi connectivity index (χ0n) is 11.5. The van der Waals surface area contributed by atoms with Crippen molar-refractivity contribution in [1.82, 2.24) is 10.3 Å². The Kier molecular flexibility index (Phi) is 4.25. The Morgan fingerprint density at radius 2 is 1.76 bits per heavy atom. The van der Waals surface area contributed by atoms with Crippen molar-refractivity contribution in [3.63, 3.8) is 0 Å². The molecular formula is C17H17ClN2O. The molecule has 3 rings (SSSR count). The van der Waals surface area contributed by atoms with Crippen LogP contribution in [0.1, 0.15) is 17.3 Å². The first-order valence-electron chi connectivity index (χ1n) is 6.94. The van der Waals surface area contributed by atoms with Crippen molar-refractivity contribution in [2.75, 3.05) is 6.61 Å². The summed E-state index contributed by atoms with van der Waals surface area (Å²) in [6.45, 7) is 0.621. The van der Waals surface area contributed by atoms with Gasteiger partial charge in [-0.1, -0.05) is 60.1 Å². The number of nitrogens with one attached hydrogen (secondary N) is 2. The number of fused-ring (bicyclic) bond motifs is 1. The molecule has 4 heteroatoms. The minimum absolute atomic E-state index is 0.0435. The van der Waals surface area contributed by atoms with Crippen molar-refractivity contribution in [3.05, 3.63) is 70.9 Å². The minimum Gasteiger partial charge on any atom is -0.394 e. The van der Waals surface area contributed by atoms with Gasteiger partial charge in [-0.25, -0.2) is 0 Å². The lowest BCUT2D eigenvalue weighted by atomic mass is 10.1. The number of H-pyrrole nitrogens is 1. The molecule has 0 fully saturated rings. The summed E-state index contributed by atoms with van der Waals surface area (Å²) >= 11 is 6.40. The molecule has 0 bridgehead atoms. The lowest BCUT2D eigenvalue weighted by molar-refractivity contribution is 0.243. The third-order valence-electron chi connectivity index (χ3n) is 3.62. The van der Waals surface area contributed by atoms with Gasteiger partial charge in [0.1, 0.15) is 0 Å². The van der Waals surface area contributed by atoms with Gasteiger partial charge in [-0.05, 0) is 11.6 Å². The van der Waals surface area contributed by atoms with Gasteiger partial charge in [-0.2, -0.15) is 0 Å². The molecule has 0 spiro atoms. The van der Waals surface area contributed by atoms with E-state index in [4.69, 9.17) is 11.6 Å². The summed E-state index contributed by atoms with van der Waals surface area (Å²) in [4.78, 5) is 3.32. The van der Waals surface area contributed by atoms with E-state index in [0.29, 0.717) is 6.54 Å². The van der Waals surface area contributed by atoms with Crippen molar-refractivity contribution < 1.29 is 5.11 Å². The van der Waals surface area contributed by atoms with Gasteiger partial charge >= 0.3 is 0 Å². The smallest absolute Gasteiger partial charge is 0.0705 e. The maximum absolute atomic E-state index is 9.56. The lowest BCUT2D eigenvalue weighted by Crippen LogP contribution is -2.24. The van der Waals surface area contributed by atoms with Gasteiger partial charge in [-0.15, -0.1) is 0 Å². The second kappa shape index (κ2) is 6.31. The number of aromatic amines is 1. The zero-order chi connectivity index (χ0) is 14.7. The Morgan fingerprint density at radius 1 is 1.05 bits per heavy atom. The highest BCUT2D eigenvalue weighted by Crippen LogP contribution is 2.27. The zero-order valence-corrected chi connectivity index (χ0v) is 12.3. The Labute approximate surface area is 128 Å². The maximum Gasteiger partial charge on any atom is 0.0705 e. The molecular weight excluding hydrogens is 284 g/mol. The Morgan fingerprint density at radius 3 is 2.48 bits per heavy atom. The van der Waals surface area contributed by atoms with Crippen LogP contribution in [0.5, 0.6) is 0 Å². The monoisotopic (exact) mass is 300 g/mol. The molecule has 0 aliphatic rings. The summed E-state index contributed by atoms with van der Waals surface area (Å²) in [5.74, 6) is 0. The van der Waals surface area contributed by atoms with E-state index in [2.05, 4.69) is 10.3 Å². The van der Waals surface area contributed by atoms with Crippen LogP contribution in [0.3, 0.4) is 0 Å². The first-order valence-corrected chi connectivity index (χ1v) is 7.31. The largest absolute Gasteiger partial charge is 0.394 e. The summed E-state index contributed by atoms with van der Waals surface area (Å²) in [5, 5.41) is 14.7. The fourth-order valence-electron chi connectivity index (χ4n) is 2.48. The van der Waals surface area contributed by atoms with Crippen LogP contribution in [-0.4, -0.2) is 16.7 Å². The van der Waals surface area contributed by atoms with Crippen molar-refractivity contribution in [2.45, 2.75) is 12.6 Å². The van der Waals surface area contributed by atoms with Crippen LogP contribution in [0.25, 0.3) is 10.9 Å². The highest BCUT2D eigenvalue weighted by Gasteiger charge is 2.13. The second-order valence-corrected chi connectivity index (χ2v) is 5.37. The van der Waals surface area contributed by atoms with Gasteiger partial charge in [0.2, 0.25) is 0 Å².